The molecule has 0 radical (unpaired) electrons. The lowest BCUT2D eigenvalue weighted by atomic mass is 10.1. The van der Waals surface area contributed by atoms with Crippen molar-refractivity contribution in [2.45, 2.75) is 25.5 Å². The number of nitrogens with zero attached hydrogens (tertiary/aromatic N) is 1. The highest BCUT2D eigenvalue weighted by Gasteiger charge is 2.14. The zero-order valence-electron chi connectivity index (χ0n) is 10.3. The lowest BCUT2D eigenvalue weighted by Gasteiger charge is -2.09. The highest BCUT2D eigenvalue weighted by molar-refractivity contribution is 7.90. The van der Waals surface area contributed by atoms with Gasteiger partial charge in [-0.05, 0) is 25.8 Å². The van der Waals surface area contributed by atoms with Crippen molar-refractivity contribution in [1.29, 1.82) is 0 Å². The van der Waals surface area contributed by atoms with Crippen LogP contribution in [0.25, 0.3) is 0 Å². The molecule has 1 aromatic carbocycles. The van der Waals surface area contributed by atoms with E-state index in [2.05, 4.69) is 4.72 Å². The zero-order valence-corrected chi connectivity index (χ0v) is 11.1. The number of rotatable bonds is 6. The van der Waals surface area contributed by atoms with Gasteiger partial charge in [0.15, 0.2) is 0 Å². The average Bonchev–Trinajstić information content (AvgIpc) is 2.29. The van der Waals surface area contributed by atoms with Crippen molar-refractivity contribution in [2.24, 2.45) is 0 Å². The summed E-state index contributed by atoms with van der Waals surface area (Å²) in [6.07, 6.45) is 0.504. The minimum Gasteiger partial charge on any atom is -0.258 e. The number of nitro groups is 1. The molecule has 0 aliphatic carbocycles. The second-order valence-electron chi connectivity index (χ2n) is 4.16. The van der Waals surface area contributed by atoms with E-state index in [1.54, 1.807) is 26.0 Å². The van der Waals surface area contributed by atoms with Crippen molar-refractivity contribution in [1.82, 2.24) is 4.72 Å². The molecule has 0 bridgehead atoms. The molecule has 0 aliphatic rings. The van der Waals surface area contributed by atoms with Crippen LogP contribution in [0.1, 0.15) is 19.4 Å². The number of nitrogens with one attached hydrogen (secondary N) is 1. The Bertz CT molecular complexity index is 508. The van der Waals surface area contributed by atoms with Gasteiger partial charge in [-0.2, -0.15) is 0 Å². The molecule has 6 nitrogen and oxygen atoms in total. The van der Waals surface area contributed by atoms with Crippen molar-refractivity contribution in [3.8, 4) is 0 Å². The van der Waals surface area contributed by atoms with Gasteiger partial charge in [0.25, 0.3) is 5.69 Å². The van der Waals surface area contributed by atoms with E-state index in [0.717, 1.165) is 5.56 Å². The number of sulfonamides is 1. The SMILES string of the molecule is CC(C)S(=O)(=O)NCCc1ccc([N+](=O)[O-])cc1. The van der Waals surface area contributed by atoms with E-state index < -0.39 is 20.2 Å². The van der Waals surface area contributed by atoms with Gasteiger partial charge >= 0.3 is 0 Å². The highest BCUT2D eigenvalue weighted by atomic mass is 32.2. The minimum absolute atomic E-state index is 0.0292. The van der Waals surface area contributed by atoms with Crippen LogP contribution >= 0.6 is 0 Å². The molecule has 0 saturated carbocycles. The number of benzene rings is 1. The Labute approximate surface area is 106 Å². The van der Waals surface area contributed by atoms with Crippen molar-refractivity contribution < 1.29 is 13.3 Å². The predicted molar refractivity (Wildman–Crippen MR) is 68.9 cm³/mol. The summed E-state index contributed by atoms with van der Waals surface area (Å²) < 4.78 is 25.4. The molecule has 18 heavy (non-hydrogen) atoms. The molecule has 0 unspecified atom stereocenters. The average molecular weight is 272 g/mol. The van der Waals surface area contributed by atoms with Crippen LogP contribution in [0.5, 0.6) is 0 Å². The molecule has 0 amide bonds. The van der Waals surface area contributed by atoms with E-state index >= 15 is 0 Å². The molecule has 0 atom stereocenters. The standard InChI is InChI=1S/C11H16N2O4S/c1-9(2)18(16,17)12-8-7-10-3-5-11(6-4-10)13(14)15/h3-6,9,12H,7-8H2,1-2H3. The first kappa shape index (κ1) is 14.6. The van der Waals surface area contributed by atoms with Crippen LogP contribution in [0.3, 0.4) is 0 Å². The predicted octanol–water partition coefficient (Wildman–Crippen LogP) is 1.47. The third kappa shape index (κ3) is 4.08. The molecule has 0 fully saturated rings. The molecule has 100 valence electrons. The lowest BCUT2D eigenvalue weighted by molar-refractivity contribution is -0.384. The largest absolute Gasteiger partial charge is 0.269 e. The van der Waals surface area contributed by atoms with Crippen LogP contribution in [-0.4, -0.2) is 25.1 Å². The summed E-state index contributed by atoms with van der Waals surface area (Å²) in [6.45, 7) is 3.50. The molecule has 7 heteroatoms. The summed E-state index contributed by atoms with van der Waals surface area (Å²) in [5.74, 6) is 0. The van der Waals surface area contributed by atoms with Crippen molar-refractivity contribution in [2.75, 3.05) is 6.54 Å². The lowest BCUT2D eigenvalue weighted by Crippen LogP contribution is -2.32. The molecule has 0 heterocycles. The molecule has 0 aromatic heterocycles. The van der Waals surface area contributed by atoms with Crippen LogP contribution < -0.4 is 4.72 Å². The molecular weight excluding hydrogens is 256 g/mol. The third-order valence-corrected chi connectivity index (χ3v) is 4.33. The Kier molecular flexibility index (Phi) is 4.80. The minimum atomic E-state index is -3.25. The van der Waals surface area contributed by atoms with Gasteiger partial charge in [-0.25, -0.2) is 13.1 Å². The third-order valence-electron chi connectivity index (χ3n) is 2.48. The Morgan fingerprint density at radius 1 is 1.28 bits per heavy atom. The van der Waals surface area contributed by atoms with E-state index in [4.69, 9.17) is 0 Å². The topological polar surface area (TPSA) is 89.3 Å². The van der Waals surface area contributed by atoms with Crippen molar-refractivity contribution >= 4 is 15.7 Å². The number of nitro benzene ring substituents is 1. The Morgan fingerprint density at radius 3 is 2.28 bits per heavy atom. The summed E-state index contributed by atoms with van der Waals surface area (Å²) in [7, 11) is -3.25. The van der Waals surface area contributed by atoms with Gasteiger partial charge < -0.3 is 0 Å². The number of hydrogen-bond donors (Lipinski definition) is 1. The van der Waals surface area contributed by atoms with Crippen LogP contribution in [0.4, 0.5) is 5.69 Å². The number of non-ortho nitro benzene ring substituents is 1. The van der Waals surface area contributed by atoms with Gasteiger partial charge in [-0.1, -0.05) is 12.1 Å². The van der Waals surface area contributed by atoms with E-state index in [9.17, 15) is 18.5 Å². The van der Waals surface area contributed by atoms with Crippen LogP contribution in [0.2, 0.25) is 0 Å². The maximum Gasteiger partial charge on any atom is 0.269 e. The van der Waals surface area contributed by atoms with Crippen LogP contribution in [0.15, 0.2) is 24.3 Å². The van der Waals surface area contributed by atoms with Gasteiger partial charge in [0.2, 0.25) is 10.0 Å². The Hall–Kier alpha value is -1.47. The van der Waals surface area contributed by atoms with Crippen LogP contribution in [-0.2, 0) is 16.4 Å². The summed E-state index contributed by atoms with van der Waals surface area (Å²) in [5, 5.41) is 9.98. The second kappa shape index (κ2) is 5.92. The first-order valence-corrected chi connectivity index (χ1v) is 7.09. The zero-order chi connectivity index (χ0) is 13.8. The maximum atomic E-state index is 11.5. The van der Waals surface area contributed by atoms with E-state index in [1.165, 1.54) is 12.1 Å². The van der Waals surface area contributed by atoms with E-state index in [1.807, 2.05) is 0 Å². The van der Waals surface area contributed by atoms with Crippen molar-refractivity contribution in [3.63, 3.8) is 0 Å². The van der Waals surface area contributed by atoms with Crippen molar-refractivity contribution in [3.05, 3.63) is 39.9 Å². The summed E-state index contributed by atoms with van der Waals surface area (Å²) in [4.78, 5) is 9.98. The Balaban J connectivity index is 2.52. The summed E-state index contributed by atoms with van der Waals surface area (Å²) in [5.41, 5.74) is 0.883. The first-order valence-electron chi connectivity index (χ1n) is 5.55. The fraction of sp³-hybridized carbons (Fsp3) is 0.455. The van der Waals surface area contributed by atoms with E-state index in [-0.39, 0.29) is 5.69 Å². The molecule has 1 N–H and O–H groups in total. The number of hydrogen-bond acceptors (Lipinski definition) is 4. The van der Waals surface area contributed by atoms with Gasteiger partial charge in [-0.3, -0.25) is 10.1 Å². The monoisotopic (exact) mass is 272 g/mol. The quantitative estimate of drug-likeness (QED) is 0.627. The molecule has 0 aliphatic heterocycles. The first-order chi connectivity index (χ1) is 8.33. The van der Waals surface area contributed by atoms with Gasteiger partial charge in [-0.15, -0.1) is 0 Å². The molecule has 0 spiro atoms. The molecule has 1 rings (SSSR count). The molecule has 1 aromatic rings. The van der Waals surface area contributed by atoms with E-state index in [0.29, 0.717) is 13.0 Å². The molecular formula is C11H16N2O4S. The smallest absolute Gasteiger partial charge is 0.258 e. The summed E-state index contributed by atoms with van der Waals surface area (Å²) >= 11 is 0. The normalized spacial score (nSPS) is 11.7. The second-order valence-corrected chi connectivity index (χ2v) is 6.48. The molecule has 0 saturated heterocycles. The fourth-order valence-electron chi connectivity index (χ4n) is 1.29. The van der Waals surface area contributed by atoms with Gasteiger partial charge in [0.1, 0.15) is 0 Å². The Morgan fingerprint density at radius 2 is 1.83 bits per heavy atom. The highest BCUT2D eigenvalue weighted by Crippen LogP contribution is 2.12. The van der Waals surface area contributed by atoms with Gasteiger partial charge in [0.05, 0.1) is 10.2 Å². The van der Waals surface area contributed by atoms with Crippen LogP contribution in [0, 0.1) is 10.1 Å². The maximum absolute atomic E-state index is 11.5. The van der Waals surface area contributed by atoms with Gasteiger partial charge in [0, 0.05) is 18.7 Å². The fourth-order valence-corrected chi connectivity index (χ4v) is 2.01. The summed E-state index contributed by atoms with van der Waals surface area (Å²) in [6, 6.07) is 6.07.